The van der Waals surface area contributed by atoms with Crippen molar-refractivity contribution in [2.45, 2.75) is 11.8 Å². The van der Waals surface area contributed by atoms with Crippen LogP contribution in [-0.2, 0) is 5.33 Å². The predicted molar refractivity (Wildman–Crippen MR) is 61.1 cm³/mol. The molecule has 6 heteroatoms. The summed E-state index contributed by atoms with van der Waals surface area (Å²) in [6.07, 6.45) is -1.12. The first-order valence-electron chi connectivity index (χ1n) is 3.67. The molecule has 1 heterocycles. The number of aromatic nitrogens is 1. The maximum Gasteiger partial charge on any atom is 0.267 e. The largest absolute Gasteiger partial charge is 0.493 e. The van der Waals surface area contributed by atoms with Crippen LogP contribution in [0.3, 0.4) is 0 Å². The summed E-state index contributed by atoms with van der Waals surface area (Å²) in [5, 5.41) is 0.340. The highest BCUT2D eigenvalue weighted by Gasteiger charge is 2.21. The average Bonchev–Trinajstić information content (AvgIpc) is 2.17. The van der Waals surface area contributed by atoms with Crippen molar-refractivity contribution in [2.24, 2.45) is 0 Å². The van der Waals surface area contributed by atoms with Crippen LogP contribution < -0.4 is 4.74 Å². The summed E-state index contributed by atoms with van der Waals surface area (Å²) in [5.74, 6) is 0.164. The van der Waals surface area contributed by atoms with Crippen LogP contribution in [0.2, 0.25) is 0 Å². The van der Waals surface area contributed by atoms with E-state index in [1.165, 1.54) is 13.3 Å². The number of alkyl halides is 3. The molecule has 0 amide bonds. The zero-order valence-electron chi connectivity index (χ0n) is 7.23. The van der Waals surface area contributed by atoms with Gasteiger partial charge in [-0.05, 0) is 28.2 Å². The molecule has 0 N–H and O–H groups in total. The molecule has 0 aliphatic heterocycles. The minimum absolute atomic E-state index is 0.0798. The van der Waals surface area contributed by atoms with Gasteiger partial charge in [-0.1, -0.05) is 15.9 Å². The van der Waals surface area contributed by atoms with E-state index in [1.807, 2.05) is 22.6 Å². The fraction of sp³-hybridized carbons (Fsp3) is 0.375. The molecule has 14 heavy (non-hydrogen) atoms. The van der Waals surface area contributed by atoms with Gasteiger partial charge >= 0.3 is 0 Å². The molecule has 0 saturated carbocycles. The molecule has 0 atom stereocenters. The van der Waals surface area contributed by atoms with Gasteiger partial charge in [0, 0.05) is 11.5 Å². The van der Waals surface area contributed by atoms with E-state index in [0.29, 0.717) is 14.6 Å². The van der Waals surface area contributed by atoms with Crippen molar-refractivity contribution in [3.8, 4) is 5.75 Å². The lowest BCUT2D eigenvalue weighted by Gasteiger charge is -2.12. The summed E-state index contributed by atoms with van der Waals surface area (Å²) in [7, 11) is 1.36. The third-order valence-corrected chi connectivity index (χ3v) is 3.05. The van der Waals surface area contributed by atoms with Gasteiger partial charge in [0.05, 0.1) is 12.7 Å². The van der Waals surface area contributed by atoms with Crippen LogP contribution in [-0.4, -0.2) is 12.1 Å². The van der Waals surface area contributed by atoms with Crippen LogP contribution in [0.4, 0.5) is 8.78 Å². The molecule has 2 nitrogen and oxygen atoms in total. The molecule has 0 saturated heterocycles. The van der Waals surface area contributed by atoms with Gasteiger partial charge in [0.15, 0.2) is 5.75 Å². The third kappa shape index (κ3) is 2.33. The van der Waals surface area contributed by atoms with Gasteiger partial charge < -0.3 is 4.74 Å². The predicted octanol–water partition coefficient (Wildman–Crippen LogP) is 3.53. The van der Waals surface area contributed by atoms with E-state index in [2.05, 4.69) is 20.9 Å². The molecule has 0 radical (unpaired) electrons. The average molecular weight is 378 g/mol. The minimum Gasteiger partial charge on any atom is -0.493 e. The Balaban J connectivity index is 3.36. The molecule has 0 spiro atoms. The number of rotatable bonds is 3. The van der Waals surface area contributed by atoms with Crippen LogP contribution in [0.25, 0.3) is 0 Å². The summed E-state index contributed by atoms with van der Waals surface area (Å²) in [5.41, 5.74) is 0.376. The Labute approximate surface area is 102 Å². The number of halogens is 4. The first-order valence-corrected chi connectivity index (χ1v) is 5.87. The van der Waals surface area contributed by atoms with E-state index in [1.54, 1.807) is 0 Å². The maximum atomic E-state index is 12.7. The Hall–Kier alpha value is 0.0200. The van der Waals surface area contributed by atoms with Crippen molar-refractivity contribution < 1.29 is 13.5 Å². The number of methoxy groups -OCH3 is 1. The van der Waals surface area contributed by atoms with Crippen LogP contribution in [0.15, 0.2) is 6.20 Å². The summed E-state index contributed by atoms with van der Waals surface area (Å²) in [6.45, 7) is 0. The van der Waals surface area contributed by atoms with Crippen molar-refractivity contribution in [2.75, 3.05) is 7.11 Å². The Morgan fingerprint density at radius 1 is 1.64 bits per heavy atom. The number of hydrogen-bond acceptors (Lipinski definition) is 2. The van der Waals surface area contributed by atoms with Gasteiger partial charge in [0.2, 0.25) is 0 Å². The fourth-order valence-corrected chi connectivity index (χ4v) is 2.16. The lowest BCUT2D eigenvalue weighted by Crippen LogP contribution is -2.01. The van der Waals surface area contributed by atoms with Gasteiger partial charge in [-0.3, -0.25) is 0 Å². The molecule has 0 aliphatic carbocycles. The normalized spacial score (nSPS) is 10.7. The van der Waals surface area contributed by atoms with Crippen LogP contribution >= 0.6 is 38.5 Å². The van der Waals surface area contributed by atoms with Gasteiger partial charge in [-0.2, -0.15) is 0 Å². The lowest BCUT2D eigenvalue weighted by atomic mass is 10.1. The van der Waals surface area contributed by atoms with Crippen LogP contribution in [0.5, 0.6) is 5.75 Å². The highest BCUT2D eigenvalue weighted by molar-refractivity contribution is 14.1. The van der Waals surface area contributed by atoms with Crippen LogP contribution in [0, 0.1) is 3.70 Å². The number of hydrogen-bond donors (Lipinski definition) is 0. The van der Waals surface area contributed by atoms with Gasteiger partial charge in [0.1, 0.15) is 3.70 Å². The molecule has 1 aromatic heterocycles. The summed E-state index contributed by atoms with van der Waals surface area (Å²) < 4.78 is 30.8. The van der Waals surface area contributed by atoms with E-state index >= 15 is 0 Å². The molecule has 0 bridgehead atoms. The number of pyridine rings is 1. The molecule has 78 valence electrons. The van der Waals surface area contributed by atoms with E-state index < -0.39 is 6.43 Å². The van der Waals surface area contributed by atoms with Gasteiger partial charge in [0.25, 0.3) is 6.43 Å². The molecule has 0 aliphatic rings. The quantitative estimate of drug-likeness (QED) is 0.456. The summed E-state index contributed by atoms with van der Waals surface area (Å²) in [4.78, 5) is 3.96. The van der Waals surface area contributed by atoms with E-state index in [-0.39, 0.29) is 11.3 Å². The SMILES string of the molecule is COc1c(I)ncc(CBr)c1C(F)F. The lowest BCUT2D eigenvalue weighted by molar-refractivity contribution is 0.145. The summed E-state index contributed by atoms with van der Waals surface area (Å²) in [6, 6.07) is 0. The van der Waals surface area contributed by atoms with E-state index in [4.69, 9.17) is 4.74 Å². The van der Waals surface area contributed by atoms with Crippen molar-refractivity contribution >= 4 is 38.5 Å². The third-order valence-electron chi connectivity index (χ3n) is 1.68. The molecule has 1 rings (SSSR count). The van der Waals surface area contributed by atoms with Crippen molar-refractivity contribution in [1.29, 1.82) is 0 Å². The van der Waals surface area contributed by atoms with Crippen molar-refractivity contribution in [3.63, 3.8) is 0 Å². The molecule has 0 fully saturated rings. The minimum atomic E-state index is -2.55. The van der Waals surface area contributed by atoms with Gasteiger partial charge in [-0.15, -0.1) is 0 Å². The zero-order valence-corrected chi connectivity index (χ0v) is 11.0. The van der Waals surface area contributed by atoms with E-state index in [9.17, 15) is 8.78 Å². The Kier molecular flexibility index (Phi) is 4.49. The molecule has 1 aromatic rings. The fourth-order valence-electron chi connectivity index (χ4n) is 1.06. The van der Waals surface area contributed by atoms with Crippen molar-refractivity contribution in [1.82, 2.24) is 4.98 Å². The monoisotopic (exact) mass is 377 g/mol. The molecule has 0 unspecified atom stereocenters. The van der Waals surface area contributed by atoms with Crippen molar-refractivity contribution in [3.05, 3.63) is 21.0 Å². The van der Waals surface area contributed by atoms with Crippen LogP contribution in [0.1, 0.15) is 17.6 Å². The molecular weight excluding hydrogens is 371 g/mol. The summed E-state index contributed by atoms with van der Waals surface area (Å²) >= 11 is 5.00. The first-order chi connectivity index (χ1) is 6.61. The Morgan fingerprint density at radius 2 is 2.29 bits per heavy atom. The van der Waals surface area contributed by atoms with E-state index in [0.717, 1.165) is 0 Å². The van der Waals surface area contributed by atoms with Gasteiger partial charge in [-0.25, -0.2) is 13.8 Å². The second-order valence-electron chi connectivity index (χ2n) is 2.46. The topological polar surface area (TPSA) is 22.1 Å². The second-order valence-corrected chi connectivity index (χ2v) is 4.04. The zero-order chi connectivity index (χ0) is 10.7. The maximum absolute atomic E-state index is 12.7. The second kappa shape index (κ2) is 5.20. The highest BCUT2D eigenvalue weighted by Crippen LogP contribution is 2.35. The standard InChI is InChI=1S/C8H7BrF2INO/c1-14-6-5(7(10)11)4(2-9)3-13-8(6)12/h3,7H,2H2,1H3. The number of nitrogens with zero attached hydrogens (tertiary/aromatic N) is 1. The highest BCUT2D eigenvalue weighted by atomic mass is 127. The molecule has 0 aromatic carbocycles. The smallest absolute Gasteiger partial charge is 0.267 e. The number of ether oxygens (including phenoxy) is 1. The first kappa shape index (κ1) is 12.1. The Morgan fingerprint density at radius 3 is 2.71 bits per heavy atom. The molecular formula is C8H7BrF2INO. The Bertz CT molecular complexity index is 335.